The molecule has 6 heteroatoms. The molecule has 0 aliphatic carbocycles. The predicted molar refractivity (Wildman–Crippen MR) is 52.6 cm³/mol. The lowest BCUT2D eigenvalue weighted by molar-refractivity contribution is -0.418. The van der Waals surface area contributed by atoms with Crippen LogP contribution >= 0.6 is 0 Å². The zero-order valence-corrected chi connectivity index (χ0v) is 8.14. The number of hydrogen-bond acceptors (Lipinski definition) is 5. The van der Waals surface area contributed by atoms with Crippen molar-refractivity contribution in [2.24, 2.45) is 5.84 Å². The van der Waals surface area contributed by atoms with E-state index in [2.05, 4.69) is 6.58 Å². The largest absolute Gasteiger partial charge is 0.312 e. The van der Waals surface area contributed by atoms with Crippen LogP contribution in [-0.4, -0.2) is 41.5 Å². The molecule has 1 aliphatic heterocycles. The molecule has 0 bridgehead atoms. The molecule has 0 atom stereocenters. The summed E-state index contributed by atoms with van der Waals surface area (Å²) in [5.41, 5.74) is 0.589. The van der Waals surface area contributed by atoms with Gasteiger partial charge < -0.3 is 5.01 Å². The summed E-state index contributed by atoms with van der Waals surface area (Å²) in [6.45, 7) is 5.48. The first-order chi connectivity index (χ1) is 6.50. The first kappa shape index (κ1) is 10.7. The maximum atomic E-state index is 10.3. The molecule has 1 fully saturated rings. The van der Waals surface area contributed by atoms with Gasteiger partial charge in [-0.2, -0.15) is 0 Å². The van der Waals surface area contributed by atoms with Gasteiger partial charge in [-0.15, -0.1) is 0 Å². The van der Waals surface area contributed by atoms with E-state index < -0.39 is 4.92 Å². The smallest absolute Gasteiger partial charge is 0.264 e. The van der Waals surface area contributed by atoms with E-state index in [1.165, 1.54) is 11.1 Å². The number of hydrogen-bond donors (Lipinski definition) is 1. The highest BCUT2D eigenvalue weighted by Crippen LogP contribution is 2.10. The number of nitrogens with two attached hydrogens (primary N) is 1. The molecular formula is C8H14N4O2. The van der Waals surface area contributed by atoms with Crippen LogP contribution in [-0.2, 0) is 0 Å². The minimum absolute atomic E-state index is 0.134. The topological polar surface area (TPSA) is 75.6 Å². The zero-order valence-electron chi connectivity index (χ0n) is 8.14. The normalized spacial score (nSPS) is 21.3. The standard InChI is InChI=1S/C8H14N4O2/c1-7(12(13)14)5-8-6-10(2)3-4-11(8)9/h5H,1,3-4,6,9H2,2H3/b8-5-. The molecule has 2 N–H and O–H groups in total. The fraction of sp³-hybridized carbons (Fsp3) is 0.500. The number of hydrazine groups is 1. The summed E-state index contributed by atoms with van der Waals surface area (Å²) in [6.07, 6.45) is 1.41. The highest BCUT2D eigenvalue weighted by molar-refractivity contribution is 5.16. The summed E-state index contributed by atoms with van der Waals surface area (Å²) >= 11 is 0. The SMILES string of the molecule is C=C(/C=C1/CN(C)CCN1N)[N+](=O)[O-]. The Kier molecular flexibility index (Phi) is 3.21. The van der Waals surface area contributed by atoms with Gasteiger partial charge in [-0.3, -0.25) is 15.0 Å². The van der Waals surface area contributed by atoms with Crippen LogP contribution in [0.5, 0.6) is 0 Å². The lowest BCUT2D eigenvalue weighted by Gasteiger charge is -2.32. The number of nitro groups is 1. The third kappa shape index (κ3) is 2.54. The van der Waals surface area contributed by atoms with Gasteiger partial charge in [-0.1, -0.05) is 0 Å². The van der Waals surface area contributed by atoms with Gasteiger partial charge in [0.15, 0.2) is 0 Å². The van der Waals surface area contributed by atoms with Crippen LogP contribution in [0.4, 0.5) is 0 Å². The van der Waals surface area contributed by atoms with Crippen molar-refractivity contribution in [1.29, 1.82) is 0 Å². The van der Waals surface area contributed by atoms with E-state index in [1.807, 2.05) is 11.9 Å². The van der Waals surface area contributed by atoms with E-state index in [0.29, 0.717) is 13.1 Å². The van der Waals surface area contributed by atoms with Crippen LogP contribution in [0.3, 0.4) is 0 Å². The monoisotopic (exact) mass is 198 g/mol. The van der Waals surface area contributed by atoms with Crippen LogP contribution in [0.15, 0.2) is 24.0 Å². The second-order valence-electron chi connectivity index (χ2n) is 3.32. The molecule has 1 saturated heterocycles. The lowest BCUT2D eigenvalue weighted by Crippen LogP contribution is -2.46. The van der Waals surface area contributed by atoms with E-state index in [1.54, 1.807) is 0 Å². The van der Waals surface area contributed by atoms with Crippen molar-refractivity contribution in [3.8, 4) is 0 Å². The van der Waals surface area contributed by atoms with Crippen molar-refractivity contribution < 1.29 is 4.92 Å². The minimum Gasteiger partial charge on any atom is -0.312 e. The Hall–Kier alpha value is -1.40. The molecule has 0 aromatic carbocycles. The van der Waals surface area contributed by atoms with E-state index in [-0.39, 0.29) is 5.70 Å². The molecule has 0 aromatic heterocycles. The second kappa shape index (κ2) is 4.21. The first-order valence-electron chi connectivity index (χ1n) is 4.25. The number of piperazine rings is 1. The molecule has 6 nitrogen and oxygen atoms in total. The number of rotatable bonds is 2. The third-order valence-electron chi connectivity index (χ3n) is 2.09. The average Bonchev–Trinajstić information content (AvgIpc) is 2.11. The van der Waals surface area contributed by atoms with E-state index >= 15 is 0 Å². The molecule has 1 heterocycles. The zero-order chi connectivity index (χ0) is 10.7. The van der Waals surface area contributed by atoms with Crippen molar-refractivity contribution in [2.45, 2.75) is 0 Å². The first-order valence-corrected chi connectivity index (χ1v) is 4.25. The van der Waals surface area contributed by atoms with E-state index in [4.69, 9.17) is 5.84 Å². The van der Waals surface area contributed by atoms with Crippen molar-refractivity contribution in [3.05, 3.63) is 34.2 Å². The molecule has 0 aromatic rings. The summed E-state index contributed by atoms with van der Waals surface area (Å²) in [7, 11) is 1.94. The summed E-state index contributed by atoms with van der Waals surface area (Å²) in [5, 5.41) is 11.9. The maximum absolute atomic E-state index is 10.3. The summed E-state index contributed by atoms with van der Waals surface area (Å²) in [5.74, 6) is 5.66. The fourth-order valence-corrected chi connectivity index (χ4v) is 1.24. The van der Waals surface area contributed by atoms with Gasteiger partial charge in [0.2, 0.25) is 0 Å². The van der Waals surface area contributed by atoms with Crippen LogP contribution in [0.25, 0.3) is 0 Å². The predicted octanol–water partition coefficient (Wildman–Crippen LogP) is -0.218. The van der Waals surface area contributed by atoms with Gasteiger partial charge in [0.25, 0.3) is 5.70 Å². The highest BCUT2D eigenvalue weighted by atomic mass is 16.6. The molecule has 0 radical (unpaired) electrons. The molecule has 0 unspecified atom stereocenters. The molecule has 1 rings (SSSR count). The van der Waals surface area contributed by atoms with Gasteiger partial charge >= 0.3 is 0 Å². The second-order valence-corrected chi connectivity index (χ2v) is 3.32. The van der Waals surface area contributed by atoms with Crippen molar-refractivity contribution in [2.75, 3.05) is 26.7 Å². The van der Waals surface area contributed by atoms with Crippen molar-refractivity contribution in [1.82, 2.24) is 9.91 Å². The number of likely N-dealkylation sites (N-methyl/N-ethyl adjacent to an activating group) is 1. The summed E-state index contributed by atoms with van der Waals surface area (Å²) < 4.78 is 0. The summed E-state index contributed by atoms with van der Waals surface area (Å²) in [6, 6.07) is 0. The Morgan fingerprint density at radius 2 is 2.36 bits per heavy atom. The third-order valence-corrected chi connectivity index (χ3v) is 2.09. The Labute approximate surface area is 82.4 Å². The Balaban J connectivity index is 2.73. The lowest BCUT2D eigenvalue weighted by atomic mass is 10.2. The van der Waals surface area contributed by atoms with Gasteiger partial charge in [0.1, 0.15) is 0 Å². The molecule has 0 amide bonds. The Morgan fingerprint density at radius 1 is 1.71 bits per heavy atom. The van der Waals surface area contributed by atoms with Crippen molar-refractivity contribution in [3.63, 3.8) is 0 Å². The maximum Gasteiger partial charge on any atom is 0.264 e. The minimum atomic E-state index is -0.518. The summed E-state index contributed by atoms with van der Waals surface area (Å²) in [4.78, 5) is 11.9. The van der Waals surface area contributed by atoms with Gasteiger partial charge in [-0.25, -0.2) is 5.84 Å². The Morgan fingerprint density at radius 3 is 2.93 bits per heavy atom. The molecular weight excluding hydrogens is 184 g/mol. The highest BCUT2D eigenvalue weighted by Gasteiger charge is 2.17. The molecule has 78 valence electrons. The fourth-order valence-electron chi connectivity index (χ4n) is 1.24. The molecule has 14 heavy (non-hydrogen) atoms. The van der Waals surface area contributed by atoms with Crippen LogP contribution in [0, 0.1) is 10.1 Å². The van der Waals surface area contributed by atoms with Crippen LogP contribution < -0.4 is 5.84 Å². The van der Waals surface area contributed by atoms with Gasteiger partial charge in [0.05, 0.1) is 4.92 Å². The number of allylic oxidation sites excluding steroid dienone is 1. The van der Waals surface area contributed by atoms with Gasteiger partial charge in [0, 0.05) is 31.4 Å². The molecule has 1 aliphatic rings. The Bertz CT molecular complexity index is 287. The van der Waals surface area contributed by atoms with Crippen molar-refractivity contribution >= 4 is 0 Å². The van der Waals surface area contributed by atoms with Crippen LogP contribution in [0.2, 0.25) is 0 Å². The number of nitrogens with zero attached hydrogens (tertiary/aromatic N) is 3. The molecule has 0 saturated carbocycles. The van der Waals surface area contributed by atoms with Crippen LogP contribution in [0.1, 0.15) is 0 Å². The molecule has 0 spiro atoms. The van der Waals surface area contributed by atoms with E-state index in [9.17, 15) is 10.1 Å². The van der Waals surface area contributed by atoms with E-state index in [0.717, 1.165) is 12.2 Å². The quantitative estimate of drug-likeness (QED) is 0.377. The van der Waals surface area contributed by atoms with Gasteiger partial charge in [-0.05, 0) is 13.6 Å². The average molecular weight is 198 g/mol.